The van der Waals surface area contributed by atoms with E-state index < -0.39 is 0 Å². The minimum absolute atomic E-state index is 0.0955. The smallest absolute Gasteiger partial charge is 0.225 e. The van der Waals surface area contributed by atoms with Crippen LogP contribution in [0.2, 0.25) is 0 Å². The predicted molar refractivity (Wildman–Crippen MR) is 81.7 cm³/mol. The van der Waals surface area contributed by atoms with Crippen molar-refractivity contribution < 1.29 is 14.3 Å². The zero-order valence-electron chi connectivity index (χ0n) is 12.1. The van der Waals surface area contributed by atoms with Gasteiger partial charge in [0.1, 0.15) is 13.2 Å². The van der Waals surface area contributed by atoms with Gasteiger partial charge in [-0.15, -0.1) is 10.2 Å². The lowest BCUT2D eigenvalue weighted by Gasteiger charge is -2.19. The fourth-order valence-corrected chi connectivity index (χ4v) is 1.97. The third-order valence-electron chi connectivity index (χ3n) is 3.07. The molecule has 7 nitrogen and oxygen atoms in total. The molecule has 0 aliphatic carbocycles. The van der Waals surface area contributed by atoms with Gasteiger partial charge in [0.2, 0.25) is 5.91 Å². The third kappa shape index (κ3) is 3.25. The van der Waals surface area contributed by atoms with E-state index in [1.807, 2.05) is 18.2 Å². The van der Waals surface area contributed by atoms with Gasteiger partial charge in [0.15, 0.2) is 23.1 Å². The Balaban J connectivity index is 1.69. The molecule has 1 aliphatic heterocycles. The van der Waals surface area contributed by atoms with Crippen LogP contribution in [-0.4, -0.2) is 29.3 Å². The van der Waals surface area contributed by atoms with Gasteiger partial charge >= 0.3 is 0 Å². The number of fused-ring (bicyclic) bond motifs is 1. The summed E-state index contributed by atoms with van der Waals surface area (Å²) in [7, 11) is 0. The topological polar surface area (TPSA) is 85.4 Å². The second-order valence-corrected chi connectivity index (χ2v) is 4.69. The van der Waals surface area contributed by atoms with Crippen LogP contribution >= 0.6 is 0 Å². The van der Waals surface area contributed by atoms with Gasteiger partial charge in [-0.3, -0.25) is 4.79 Å². The van der Waals surface area contributed by atoms with Crippen LogP contribution in [0.15, 0.2) is 30.3 Å². The highest BCUT2D eigenvalue weighted by molar-refractivity contribution is 5.89. The van der Waals surface area contributed by atoms with Crippen LogP contribution in [0.25, 0.3) is 0 Å². The van der Waals surface area contributed by atoms with E-state index in [9.17, 15) is 4.79 Å². The quantitative estimate of drug-likeness (QED) is 0.901. The number of ether oxygens (including phenoxy) is 2. The van der Waals surface area contributed by atoms with Crippen LogP contribution in [0.3, 0.4) is 0 Å². The van der Waals surface area contributed by atoms with Gasteiger partial charge in [0.25, 0.3) is 0 Å². The van der Waals surface area contributed by atoms with Gasteiger partial charge in [-0.25, -0.2) is 0 Å². The molecule has 2 N–H and O–H groups in total. The number of benzene rings is 1. The second kappa shape index (κ2) is 6.30. The SMILES string of the molecule is CCC(=O)Nc1ccc(Nc2ccc3c(c2)OCCO3)nn1. The van der Waals surface area contributed by atoms with Crippen molar-refractivity contribution in [2.45, 2.75) is 13.3 Å². The van der Waals surface area contributed by atoms with Crippen molar-refractivity contribution >= 4 is 23.2 Å². The van der Waals surface area contributed by atoms with Crippen molar-refractivity contribution in [3.05, 3.63) is 30.3 Å². The van der Waals surface area contributed by atoms with E-state index in [0.717, 1.165) is 11.4 Å². The molecule has 114 valence electrons. The molecule has 0 bridgehead atoms. The van der Waals surface area contributed by atoms with E-state index in [4.69, 9.17) is 9.47 Å². The third-order valence-corrected chi connectivity index (χ3v) is 3.07. The van der Waals surface area contributed by atoms with Gasteiger partial charge in [-0.05, 0) is 24.3 Å². The van der Waals surface area contributed by atoms with Crippen LogP contribution in [0.4, 0.5) is 17.3 Å². The molecule has 2 aromatic rings. The summed E-state index contributed by atoms with van der Waals surface area (Å²) in [5.74, 6) is 2.35. The van der Waals surface area contributed by atoms with Crippen LogP contribution in [0, 0.1) is 0 Å². The average molecular weight is 300 g/mol. The zero-order valence-corrected chi connectivity index (χ0v) is 12.1. The summed E-state index contributed by atoms with van der Waals surface area (Å²) in [5.41, 5.74) is 0.823. The van der Waals surface area contributed by atoms with Gasteiger partial charge in [-0.1, -0.05) is 6.92 Å². The summed E-state index contributed by atoms with van der Waals surface area (Å²) >= 11 is 0. The Morgan fingerprint density at radius 1 is 1.09 bits per heavy atom. The molecule has 0 fully saturated rings. The number of amides is 1. The first kappa shape index (κ1) is 14.1. The van der Waals surface area contributed by atoms with Crippen molar-refractivity contribution in [2.75, 3.05) is 23.8 Å². The standard InChI is InChI=1S/C15H16N4O3/c1-2-15(20)17-14-6-5-13(18-19-14)16-10-3-4-11-12(9-10)22-8-7-21-11/h3-6,9H,2,7-8H2,1H3,(H,16,18)(H,17,19,20). The maximum atomic E-state index is 11.3. The Hall–Kier alpha value is -2.83. The van der Waals surface area contributed by atoms with Gasteiger partial charge < -0.3 is 20.1 Å². The first-order valence-corrected chi connectivity index (χ1v) is 7.05. The highest BCUT2D eigenvalue weighted by Gasteiger charge is 2.12. The lowest BCUT2D eigenvalue weighted by molar-refractivity contribution is -0.115. The molecule has 1 aliphatic rings. The zero-order chi connectivity index (χ0) is 15.4. The van der Waals surface area contributed by atoms with Gasteiger partial charge in [0, 0.05) is 18.2 Å². The Kier molecular flexibility index (Phi) is 4.04. The number of hydrogen-bond acceptors (Lipinski definition) is 6. The molecular weight excluding hydrogens is 284 g/mol. The van der Waals surface area contributed by atoms with Crippen molar-refractivity contribution in [1.29, 1.82) is 0 Å². The lowest BCUT2D eigenvalue weighted by atomic mass is 10.2. The summed E-state index contributed by atoms with van der Waals surface area (Å²) in [6.07, 6.45) is 0.402. The average Bonchev–Trinajstić information content (AvgIpc) is 2.56. The first-order chi connectivity index (χ1) is 10.7. The molecule has 22 heavy (non-hydrogen) atoms. The number of carbonyl (C=O) groups is 1. The normalized spacial score (nSPS) is 12.6. The van der Waals surface area contributed by atoms with Crippen LogP contribution < -0.4 is 20.1 Å². The molecule has 0 saturated heterocycles. The molecule has 0 unspecified atom stereocenters. The molecule has 1 aromatic heterocycles. The van der Waals surface area contributed by atoms with Crippen molar-refractivity contribution in [3.63, 3.8) is 0 Å². The number of rotatable bonds is 4. The largest absolute Gasteiger partial charge is 0.486 e. The Morgan fingerprint density at radius 2 is 1.82 bits per heavy atom. The fourth-order valence-electron chi connectivity index (χ4n) is 1.97. The number of anilines is 3. The van der Waals surface area contributed by atoms with E-state index in [1.54, 1.807) is 19.1 Å². The summed E-state index contributed by atoms with van der Waals surface area (Å²) < 4.78 is 11.0. The van der Waals surface area contributed by atoms with Gasteiger partial charge in [0.05, 0.1) is 0 Å². The molecule has 0 atom stereocenters. The lowest BCUT2D eigenvalue weighted by Crippen LogP contribution is -2.15. The molecule has 0 spiro atoms. The van der Waals surface area contributed by atoms with E-state index in [1.165, 1.54) is 0 Å². The first-order valence-electron chi connectivity index (χ1n) is 7.05. The minimum atomic E-state index is -0.0955. The highest BCUT2D eigenvalue weighted by atomic mass is 16.6. The Labute approximate surface area is 127 Å². The number of nitrogens with one attached hydrogen (secondary N) is 2. The molecule has 1 amide bonds. The maximum Gasteiger partial charge on any atom is 0.225 e. The molecule has 7 heteroatoms. The summed E-state index contributed by atoms with van der Waals surface area (Å²) in [6, 6.07) is 9.01. The monoisotopic (exact) mass is 300 g/mol. The molecule has 1 aromatic carbocycles. The molecular formula is C15H16N4O3. The summed E-state index contributed by atoms with van der Waals surface area (Å²) in [4.78, 5) is 11.3. The second-order valence-electron chi connectivity index (χ2n) is 4.69. The number of hydrogen-bond donors (Lipinski definition) is 2. The number of nitrogens with zero attached hydrogens (tertiary/aromatic N) is 2. The number of carbonyl (C=O) groups excluding carboxylic acids is 1. The highest BCUT2D eigenvalue weighted by Crippen LogP contribution is 2.33. The van der Waals surface area contributed by atoms with Crippen molar-refractivity contribution in [2.24, 2.45) is 0 Å². The van der Waals surface area contributed by atoms with Crippen LogP contribution in [0.5, 0.6) is 11.5 Å². The molecule has 3 rings (SSSR count). The van der Waals surface area contributed by atoms with Crippen LogP contribution in [0.1, 0.15) is 13.3 Å². The van der Waals surface area contributed by atoms with Crippen LogP contribution in [-0.2, 0) is 4.79 Å². The molecule has 0 radical (unpaired) electrons. The van der Waals surface area contributed by atoms with E-state index in [2.05, 4.69) is 20.8 Å². The fraction of sp³-hybridized carbons (Fsp3) is 0.267. The summed E-state index contributed by atoms with van der Waals surface area (Å²) in [5, 5.41) is 13.7. The van der Waals surface area contributed by atoms with Crippen molar-refractivity contribution in [3.8, 4) is 11.5 Å². The Morgan fingerprint density at radius 3 is 2.55 bits per heavy atom. The molecule has 0 saturated carbocycles. The Bertz CT molecular complexity index is 673. The van der Waals surface area contributed by atoms with Crippen molar-refractivity contribution in [1.82, 2.24) is 10.2 Å². The predicted octanol–water partition coefficient (Wildman–Crippen LogP) is 2.34. The van der Waals surface area contributed by atoms with E-state index in [0.29, 0.717) is 37.0 Å². The number of aromatic nitrogens is 2. The van der Waals surface area contributed by atoms with E-state index in [-0.39, 0.29) is 5.91 Å². The maximum absolute atomic E-state index is 11.3. The van der Waals surface area contributed by atoms with Gasteiger partial charge in [-0.2, -0.15) is 0 Å². The minimum Gasteiger partial charge on any atom is -0.486 e. The summed E-state index contributed by atoms with van der Waals surface area (Å²) in [6.45, 7) is 2.89. The van der Waals surface area contributed by atoms with E-state index >= 15 is 0 Å². The molecule has 2 heterocycles.